The van der Waals surface area contributed by atoms with Gasteiger partial charge in [-0.05, 0) is 45.3 Å². The molecule has 3 rings (SSSR count). The predicted molar refractivity (Wildman–Crippen MR) is 106 cm³/mol. The number of ether oxygens (including phenoxy) is 3. The third-order valence-electron chi connectivity index (χ3n) is 5.60. The molecule has 0 unspecified atom stereocenters. The molecule has 2 aliphatic heterocycles. The normalized spacial score (nSPS) is 21.0. The molecule has 0 N–H and O–H groups in total. The standard InChI is InChI=1S/C20H30BNO6/c1-19(2)20(3,4)28-21(27-19)15-6-7-16(17(14-15)26-13-12-24-5)18(23)22-8-10-25-11-9-22/h6-7,14H,8-13H2,1-5H3. The largest absolute Gasteiger partial charge is 0.494 e. The van der Waals surface area contributed by atoms with E-state index in [0.29, 0.717) is 50.8 Å². The van der Waals surface area contributed by atoms with Crippen molar-refractivity contribution in [3.8, 4) is 5.75 Å². The SMILES string of the molecule is COCCOc1cc(B2OC(C)(C)C(C)(C)O2)ccc1C(=O)N1CCOCC1. The molecular weight excluding hydrogens is 361 g/mol. The molecule has 0 bridgehead atoms. The van der Waals surface area contributed by atoms with Crippen LogP contribution in [0.4, 0.5) is 0 Å². The molecule has 154 valence electrons. The van der Waals surface area contributed by atoms with Gasteiger partial charge in [0.1, 0.15) is 12.4 Å². The van der Waals surface area contributed by atoms with Gasteiger partial charge in [-0.15, -0.1) is 0 Å². The van der Waals surface area contributed by atoms with Gasteiger partial charge in [0.2, 0.25) is 0 Å². The quantitative estimate of drug-likeness (QED) is 0.541. The average Bonchev–Trinajstić information content (AvgIpc) is 2.89. The molecule has 0 radical (unpaired) electrons. The Labute approximate surface area is 167 Å². The van der Waals surface area contributed by atoms with E-state index in [1.54, 1.807) is 18.1 Å². The molecule has 1 aromatic rings. The fourth-order valence-corrected chi connectivity index (χ4v) is 3.13. The first-order valence-electron chi connectivity index (χ1n) is 9.73. The Morgan fingerprint density at radius 2 is 1.75 bits per heavy atom. The van der Waals surface area contributed by atoms with Crippen LogP contribution in [-0.2, 0) is 18.8 Å². The Morgan fingerprint density at radius 1 is 1.11 bits per heavy atom. The van der Waals surface area contributed by atoms with Crippen LogP contribution >= 0.6 is 0 Å². The van der Waals surface area contributed by atoms with E-state index in [9.17, 15) is 4.79 Å². The minimum atomic E-state index is -0.512. The predicted octanol–water partition coefficient (Wildman–Crippen LogP) is 1.48. The molecule has 7 nitrogen and oxygen atoms in total. The van der Waals surface area contributed by atoms with Gasteiger partial charge in [0.25, 0.3) is 5.91 Å². The van der Waals surface area contributed by atoms with Crippen LogP contribution < -0.4 is 10.2 Å². The highest BCUT2D eigenvalue weighted by molar-refractivity contribution is 6.62. The lowest BCUT2D eigenvalue weighted by molar-refractivity contribution is 0.00578. The van der Waals surface area contributed by atoms with Crippen molar-refractivity contribution in [3.05, 3.63) is 23.8 Å². The second kappa shape index (κ2) is 8.41. The molecule has 2 aliphatic rings. The molecule has 0 atom stereocenters. The van der Waals surface area contributed by atoms with Gasteiger partial charge < -0.3 is 28.4 Å². The maximum Gasteiger partial charge on any atom is 0.494 e. The first-order chi connectivity index (χ1) is 13.2. The third-order valence-corrected chi connectivity index (χ3v) is 5.60. The topological polar surface area (TPSA) is 66.5 Å². The lowest BCUT2D eigenvalue weighted by Gasteiger charge is -2.32. The highest BCUT2D eigenvalue weighted by Crippen LogP contribution is 2.36. The second-order valence-corrected chi connectivity index (χ2v) is 8.09. The van der Waals surface area contributed by atoms with Crippen LogP contribution in [-0.4, -0.2) is 75.8 Å². The van der Waals surface area contributed by atoms with E-state index < -0.39 is 18.3 Å². The maximum atomic E-state index is 13.0. The first kappa shape index (κ1) is 21.1. The van der Waals surface area contributed by atoms with Crippen molar-refractivity contribution in [3.63, 3.8) is 0 Å². The number of amides is 1. The number of carbonyl (C=O) groups is 1. The van der Waals surface area contributed by atoms with Crippen molar-refractivity contribution in [2.75, 3.05) is 46.6 Å². The van der Waals surface area contributed by atoms with Crippen LogP contribution in [0.5, 0.6) is 5.75 Å². The Balaban J connectivity index is 1.86. The smallest absolute Gasteiger partial charge is 0.490 e. The van der Waals surface area contributed by atoms with Gasteiger partial charge in [0.15, 0.2) is 0 Å². The summed E-state index contributed by atoms with van der Waals surface area (Å²) in [7, 11) is 1.10. The van der Waals surface area contributed by atoms with Crippen LogP contribution in [0, 0.1) is 0 Å². The summed E-state index contributed by atoms with van der Waals surface area (Å²) >= 11 is 0. The second-order valence-electron chi connectivity index (χ2n) is 8.09. The molecule has 8 heteroatoms. The van der Waals surface area contributed by atoms with Crippen molar-refractivity contribution < 1.29 is 28.3 Å². The van der Waals surface area contributed by atoms with Gasteiger partial charge in [-0.25, -0.2) is 0 Å². The summed E-state index contributed by atoms with van der Waals surface area (Å²) in [6.07, 6.45) is 0. The summed E-state index contributed by atoms with van der Waals surface area (Å²) in [4.78, 5) is 14.8. The molecule has 0 aliphatic carbocycles. The van der Waals surface area contributed by atoms with Crippen molar-refractivity contribution in [1.82, 2.24) is 4.90 Å². The Kier molecular flexibility index (Phi) is 6.34. The molecule has 1 amide bonds. The Bertz CT molecular complexity index is 686. The average molecular weight is 391 g/mol. The number of methoxy groups -OCH3 is 1. The number of carbonyl (C=O) groups excluding carboxylic acids is 1. The van der Waals surface area contributed by atoms with Crippen LogP contribution in [0.1, 0.15) is 38.1 Å². The number of morpholine rings is 1. The highest BCUT2D eigenvalue weighted by atomic mass is 16.7. The summed E-state index contributed by atoms with van der Waals surface area (Å²) in [5, 5.41) is 0. The highest BCUT2D eigenvalue weighted by Gasteiger charge is 2.51. The van der Waals surface area contributed by atoms with E-state index in [1.807, 2.05) is 39.8 Å². The third kappa shape index (κ3) is 4.35. The van der Waals surface area contributed by atoms with Crippen molar-refractivity contribution in [2.45, 2.75) is 38.9 Å². The molecule has 2 heterocycles. The van der Waals surface area contributed by atoms with Crippen LogP contribution in [0.3, 0.4) is 0 Å². The summed E-state index contributed by atoms with van der Waals surface area (Å²) in [5.74, 6) is 0.455. The van der Waals surface area contributed by atoms with Gasteiger partial charge in [-0.2, -0.15) is 0 Å². The van der Waals surface area contributed by atoms with Crippen LogP contribution in [0.15, 0.2) is 18.2 Å². The number of rotatable bonds is 6. The molecule has 28 heavy (non-hydrogen) atoms. The molecule has 0 saturated carbocycles. The zero-order chi connectivity index (χ0) is 20.4. The lowest BCUT2D eigenvalue weighted by Crippen LogP contribution is -2.41. The maximum absolute atomic E-state index is 13.0. The molecule has 1 aromatic carbocycles. The van der Waals surface area contributed by atoms with E-state index in [2.05, 4.69) is 0 Å². The number of hydrogen-bond donors (Lipinski definition) is 0. The first-order valence-corrected chi connectivity index (χ1v) is 9.73. The van der Waals surface area contributed by atoms with Crippen molar-refractivity contribution >= 4 is 18.5 Å². The summed E-state index contributed by atoms with van der Waals surface area (Å²) in [6.45, 7) is 11.1. The molecule has 2 fully saturated rings. The van der Waals surface area contributed by atoms with E-state index in [1.165, 1.54) is 0 Å². The zero-order valence-corrected chi connectivity index (χ0v) is 17.4. The summed E-state index contributed by atoms with van der Waals surface area (Å²) < 4.78 is 28.6. The number of hydrogen-bond acceptors (Lipinski definition) is 6. The van der Waals surface area contributed by atoms with Crippen LogP contribution in [0.2, 0.25) is 0 Å². The van der Waals surface area contributed by atoms with Crippen LogP contribution in [0.25, 0.3) is 0 Å². The van der Waals surface area contributed by atoms with Gasteiger partial charge in [0.05, 0.1) is 36.6 Å². The van der Waals surface area contributed by atoms with E-state index in [-0.39, 0.29) is 5.91 Å². The van der Waals surface area contributed by atoms with Gasteiger partial charge in [0, 0.05) is 20.2 Å². The van der Waals surface area contributed by atoms with Crippen molar-refractivity contribution in [2.24, 2.45) is 0 Å². The summed E-state index contributed by atoms with van der Waals surface area (Å²) in [5.41, 5.74) is 0.483. The minimum absolute atomic E-state index is 0.0591. The number of benzene rings is 1. The number of nitrogens with zero attached hydrogens (tertiary/aromatic N) is 1. The van der Waals surface area contributed by atoms with Gasteiger partial charge >= 0.3 is 7.12 Å². The Hall–Kier alpha value is -1.61. The fourth-order valence-electron chi connectivity index (χ4n) is 3.13. The van der Waals surface area contributed by atoms with Gasteiger partial charge in [-0.1, -0.05) is 6.07 Å². The fraction of sp³-hybridized carbons (Fsp3) is 0.650. The molecular formula is C20H30BNO6. The van der Waals surface area contributed by atoms with E-state index >= 15 is 0 Å². The van der Waals surface area contributed by atoms with Gasteiger partial charge in [-0.3, -0.25) is 4.79 Å². The Morgan fingerprint density at radius 3 is 2.36 bits per heavy atom. The molecule has 0 spiro atoms. The van der Waals surface area contributed by atoms with E-state index in [4.69, 9.17) is 23.5 Å². The van der Waals surface area contributed by atoms with E-state index in [0.717, 1.165) is 5.46 Å². The zero-order valence-electron chi connectivity index (χ0n) is 17.4. The monoisotopic (exact) mass is 391 g/mol. The lowest BCUT2D eigenvalue weighted by atomic mass is 9.78. The minimum Gasteiger partial charge on any atom is -0.490 e. The van der Waals surface area contributed by atoms with Crippen molar-refractivity contribution in [1.29, 1.82) is 0 Å². The molecule has 0 aromatic heterocycles. The molecule has 2 saturated heterocycles. The summed E-state index contributed by atoms with van der Waals surface area (Å²) in [6, 6.07) is 5.50.